The summed E-state index contributed by atoms with van der Waals surface area (Å²) in [5.74, 6) is -2.50. The highest BCUT2D eigenvalue weighted by Gasteiger charge is 2.30. The number of allylic oxidation sites excluding steroid dienone is 22. The fourth-order valence-electron chi connectivity index (χ4n) is 8.93. The normalized spacial score (nSPS) is 14.9. The van der Waals surface area contributed by atoms with Gasteiger partial charge in [-0.25, -0.2) is 9.13 Å². The molecule has 0 rings (SSSR count). The fourth-order valence-corrected chi connectivity index (χ4v) is 10.5. The number of hydrogen-bond donors (Lipinski definition) is 3. The maximum atomic E-state index is 13.0. The third-order valence-corrected chi connectivity index (χ3v) is 16.3. The predicted octanol–water partition coefficient (Wildman–Crippen LogP) is 20.3. The highest BCUT2D eigenvalue weighted by Crippen LogP contribution is 2.45. The van der Waals surface area contributed by atoms with Crippen molar-refractivity contribution in [2.75, 3.05) is 39.6 Å². The second-order valence-corrected chi connectivity index (χ2v) is 26.4. The van der Waals surface area contributed by atoms with Crippen LogP contribution < -0.4 is 0 Å². The Balaban J connectivity index is 5.49. The van der Waals surface area contributed by atoms with Gasteiger partial charge in [-0.2, -0.15) is 0 Å². The largest absolute Gasteiger partial charge is 0.472 e. The monoisotopic (exact) mass is 1380 g/mol. The van der Waals surface area contributed by atoms with Gasteiger partial charge in [0.25, 0.3) is 0 Å². The number of hydrogen-bond acceptors (Lipinski definition) is 15. The molecule has 17 nitrogen and oxygen atoms in total. The maximum absolute atomic E-state index is 13.0. The Morgan fingerprint density at radius 1 is 0.312 bits per heavy atom. The molecule has 0 saturated carbocycles. The zero-order valence-corrected chi connectivity index (χ0v) is 61.0. The van der Waals surface area contributed by atoms with Gasteiger partial charge in [0.2, 0.25) is 0 Å². The van der Waals surface area contributed by atoms with Crippen LogP contribution in [0.25, 0.3) is 0 Å². The van der Waals surface area contributed by atoms with Crippen LogP contribution in [-0.2, 0) is 65.4 Å². The van der Waals surface area contributed by atoms with Crippen LogP contribution in [0.3, 0.4) is 0 Å². The standard InChI is InChI=1S/C77H126O17P2/c1-5-9-13-17-21-25-29-32-35-38-42-45-49-53-57-61-74(79)87-67-72(93-76(81)63-59-55-51-47-41-28-24-20-16-12-8-4)69-91-95(83,84)89-65-71(78)66-90-96(85,86)92-70-73(94-77(82)64-60-56-52-48-44-40-37-34-31-27-23-19-15-11-7-3)68-88-75(80)62-58-54-50-46-43-39-36-33-30-26-22-18-14-10-6-2/h10-11,14-15,21-23,25-27,32-37,43-44,46,48,54,56,58,60,71-73,78H,5-9,12-13,16-20,24,28-31,38-42,45,47,49-53,55,57,59,61-70H2,1-4H3,(H,83,84)(H,85,86)/b14-10-,15-11-,25-21-,26-22-,27-23-,35-32-,36-33-,37-34-,46-43-,48-44-,58-54-,60-56-. The lowest BCUT2D eigenvalue weighted by molar-refractivity contribution is -0.161. The summed E-state index contributed by atoms with van der Waals surface area (Å²) in [4.78, 5) is 72.5. The van der Waals surface area contributed by atoms with E-state index in [1.165, 1.54) is 57.8 Å². The number of rotatable bonds is 66. The lowest BCUT2D eigenvalue weighted by atomic mass is 10.1. The Kier molecular flexibility index (Phi) is 64.9. The van der Waals surface area contributed by atoms with E-state index in [0.717, 1.165) is 122 Å². The van der Waals surface area contributed by atoms with Gasteiger partial charge in [-0.05, 0) is 109 Å². The Bertz CT molecular complexity index is 2400. The van der Waals surface area contributed by atoms with E-state index in [2.05, 4.69) is 125 Å². The van der Waals surface area contributed by atoms with Crippen molar-refractivity contribution in [3.8, 4) is 0 Å². The zero-order valence-electron chi connectivity index (χ0n) is 59.2. The van der Waals surface area contributed by atoms with Gasteiger partial charge in [-0.15, -0.1) is 0 Å². The van der Waals surface area contributed by atoms with Crippen molar-refractivity contribution >= 4 is 39.5 Å². The molecule has 0 saturated heterocycles. The minimum atomic E-state index is -5.02. The molecule has 5 unspecified atom stereocenters. The highest BCUT2D eigenvalue weighted by molar-refractivity contribution is 7.47. The molecule has 0 aliphatic carbocycles. The van der Waals surface area contributed by atoms with E-state index in [4.69, 9.17) is 37.0 Å². The van der Waals surface area contributed by atoms with Crippen molar-refractivity contribution in [2.24, 2.45) is 0 Å². The lowest BCUT2D eigenvalue weighted by Gasteiger charge is -2.21. The molecule has 0 heterocycles. The van der Waals surface area contributed by atoms with Crippen LogP contribution in [-0.4, -0.2) is 96.7 Å². The minimum absolute atomic E-state index is 0.0861. The highest BCUT2D eigenvalue weighted by atomic mass is 31.2. The average Bonchev–Trinajstić information content (AvgIpc) is 1.09. The molecule has 0 aliphatic rings. The summed E-state index contributed by atoms with van der Waals surface area (Å²) < 4.78 is 68.0. The number of aliphatic hydroxyl groups is 1. The van der Waals surface area contributed by atoms with Crippen molar-refractivity contribution in [2.45, 2.75) is 277 Å². The van der Waals surface area contributed by atoms with E-state index in [0.29, 0.717) is 25.7 Å². The SMILES string of the molecule is CC/C=C\C/C=C\C/C=C\C/C=C\C/C=C\CC(=O)OCC(COP(=O)(O)OCC(O)COP(=O)(O)OCC(COC(=O)CCCCCCC/C=C\C/C=C\CCCCC)OC(=O)CCCCCCCCCCCCC)OC(=O)C/C=C\C/C=C\C/C=C\C/C=C\C/C=C\CC. The summed E-state index contributed by atoms with van der Waals surface area (Å²) in [7, 11) is -10.0. The van der Waals surface area contributed by atoms with Gasteiger partial charge < -0.3 is 33.8 Å². The average molecular weight is 1390 g/mol. The van der Waals surface area contributed by atoms with Crippen molar-refractivity contribution < 1.29 is 80.2 Å². The third kappa shape index (κ3) is 67.5. The third-order valence-electron chi connectivity index (χ3n) is 14.4. The van der Waals surface area contributed by atoms with Crippen molar-refractivity contribution in [3.63, 3.8) is 0 Å². The number of ether oxygens (including phenoxy) is 4. The summed E-state index contributed by atoms with van der Waals surface area (Å²) in [6.45, 7) is 4.33. The predicted molar refractivity (Wildman–Crippen MR) is 390 cm³/mol. The van der Waals surface area contributed by atoms with Crippen molar-refractivity contribution in [1.82, 2.24) is 0 Å². The summed E-state index contributed by atoms with van der Waals surface area (Å²) in [5, 5.41) is 10.6. The fraction of sp³-hybridized carbons (Fsp3) is 0.636. The van der Waals surface area contributed by atoms with Gasteiger partial charge in [0.1, 0.15) is 19.3 Å². The second kappa shape index (κ2) is 68.5. The first kappa shape index (κ1) is 90.9. The van der Waals surface area contributed by atoms with Gasteiger partial charge in [0, 0.05) is 12.8 Å². The van der Waals surface area contributed by atoms with E-state index in [1.807, 2.05) is 30.4 Å². The van der Waals surface area contributed by atoms with Gasteiger partial charge in [0.05, 0.1) is 39.3 Å². The number of aliphatic hydroxyl groups excluding tert-OH is 1. The molecular formula is C77H126O17P2. The molecule has 0 amide bonds. The Morgan fingerprint density at radius 2 is 0.594 bits per heavy atom. The number of phosphoric acid groups is 2. The second-order valence-electron chi connectivity index (χ2n) is 23.5. The number of phosphoric ester groups is 2. The smallest absolute Gasteiger partial charge is 0.462 e. The van der Waals surface area contributed by atoms with Crippen LogP contribution in [0.5, 0.6) is 0 Å². The van der Waals surface area contributed by atoms with Crippen LogP contribution in [0.4, 0.5) is 0 Å². The molecular weight excluding hydrogens is 1260 g/mol. The summed E-state index contributed by atoms with van der Waals surface area (Å²) in [5.41, 5.74) is 0. The number of carbonyl (C=O) groups is 4. The molecule has 0 bridgehead atoms. The number of unbranched alkanes of at least 4 members (excludes halogenated alkanes) is 18. The first-order chi connectivity index (χ1) is 46.7. The molecule has 5 atom stereocenters. The van der Waals surface area contributed by atoms with E-state index in [9.17, 15) is 43.2 Å². The Morgan fingerprint density at radius 3 is 0.990 bits per heavy atom. The van der Waals surface area contributed by atoms with Crippen LogP contribution >= 0.6 is 15.6 Å². The molecule has 0 aromatic heterocycles. The molecule has 0 aromatic carbocycles. The van der Waals surface area contributed by atoms with Crippen LogP contribution in [0.1, 0.15) is 259 Å². The molecule has 546 valence electrons. The van der Waals surface area contributed by atoms with Crippen molar-refractivity contribution in [1.29, 1.82) is 0 Å². The van der Waals surface area contributed by atoms with Crippen molar-refractivity contribution in [3.05, 3.63) is 146 Å². The van der Waals surface area contributed by atoms with Gasteiger partial charge in [-0.3, -0.25) is 37.3 Å². The number of carbonyl (C=O) groups excluding carboxylic acids is 4. The summed E-state index contributed by atoms with van der Waals surface area (Å²) in [6, 6.07) is 0. The minimum Gasteiger partial charge on any atom is -0.462 e. The van der Waals surface area contributed by atoms with E-state index < -0.39 is 97.5 Å². The molecule has 3 N–H and O–H groups in total. The van der Waals surface area contributed by atoms with Gasteiger partial charge in [0.15, 0.2) is 12.2 Å². The molecule has 0 aromatic rings. The van der Waals surface area contributed by atoms with Gasteiger partial charge >= 0.3 is 39.5 Å². The first-order valence-electron chi connectivity index (χ1n) is 36.1. The molecule has 0 aliphatic heterocycles. The molecule has 0 spiro atoms. The number of esters is 4. The van der Waals surface area contributed by atoms with Gasteiger partial charge in [-0.1, -0.05) is 270 Å². The van der Waals surface area contributed by atoms with Crippen LogP contribution in [0.15, 0.2) is 146 Å². The van der Waals surface area contributed by atoms with Crippen LogP contribution in [0.2, 0.25) is 0 Å². The van der Waals surface area contributed by atoms with Crippen LogP contribution in [0, 0.1) is 0 Å². The summed E-state index contributed by atoms with van der Waals surface area (Å²) >= 11 is 0. The molecule has 96 heavy (non-hydrogen) atoms. The zero-order chi connectivity index (χ0) is 70.4. The van der Waals surface area contributed by atoms with E-state index >= 15 is 0 Å². The quantitative estimate of drug-likeness (QED) is 0.0169. The van der Waals surface area contributed by atoms with E-state index in [-0.39, 0.29) is 25.7 Å². The van der Waals surface area contributed by atoms with E-state index in [1.54, 1.807) is 18.2 Å². The Labute approximate surface area is 579 Å². The molecule has 0 radical (unpaired) electrons. The maximum Gasteiger partial charge on any atom is 0.472 e. The topological polar surface area (TPSA) is 237 Å². The molecule has 0 fully saturated rings. The lowest BCUT2D eigenvalue weighted by Crippen LogP contribution is -2.30. The summed E-state index contributed by atoms with van der Waals surface area (Å²) in [6.07, 6.45) is 76.4. The first-order valence-corrected chi connectivity index (χ1v) is 39.1. The molecule has 19 heteroatoms. The Hall–Kier alpha value is -5.06.